The predicted molar refractivity (Wildman–Crippen MR) is 82.7 cm³/mol. The molecule has 1 amide bonds. The summed E-state index contributed by atoms with van der Waals surface area (Å²) >= 11 is 3.41. The Morgan fingerprint density at radius 2 is 2.00 bits per heavy atom. The number of halogens is 1. The lowest BCUT2D eigenvalue weighted by Gasteiger charge is -2.15. The molecular formula is C16H15BrN2O. The van der Waals surface area contributed by atoms with Gasteiger partial charge in [0.05, 0.1) is 5.41 Å². The van der Waals surface area contributed by atoms with Gasteiger partial charge in [-0.2, -0.15) is 0 Å². The molecule has 0 spiro atoms. The Morgan fingerprint density at radius 3 is 2.60 bits per heavy atom. The lowest BCUT2D eigenvalue weighted by molar-refractivity contribution is -0.118. The number of anilines is 1. The van der Waals surface area contributed by atoms with E-state index >= 15 is 0 Å². The molecule has 1 fully saturated rings. The molecule has 1 saturated carbocycles. The van der Waals surface area contributed by atoms with E-state index in [9.17, 15) is 4.79 Å². The summed E-state index contributed by atoms with van der Waals surface area (Å²) in [6.45, 7) is 1.98. The lowest BCUT2D eigenvalue weighted by atomic mass is 9.95. The van der Waals surface area contributed by atoms with Crippen LogP contribution in [0.15, 0.2) is 47.1 Å². The summed E-state index contributed by atoms with van der Waals surface area (Å²) in [6, 6.07) is 11.8. The zero-order valence-corrected chi connectivity index (χ0v) is 12.8. The van der Waals surface area contributed by atoms with E-state index in [1.807, 2.05) is 43.3 Å². The highest BCUT2D eigenvalue weighted by molar-refractivity contribution is 9.10. The molecule has 3 nitrogen and oxygen atoms in total. The molecule has 4 heteroatoms. The maximum atomic E-state index is 12.5. The van der Waals surface area contributed by atoms with E-state index in [0.717, 1.165) is 28.4 Å². The molecule has 1 aromatic heterocycles. The molecule has 3 rings (SSSR count). The van der Waals surface area contributed by atoms with Gasteiger partial charge in [-0.1, -0.05) is 30.3 Å². The highest BCUT2D eigenvalue weighted by atomic mass is 79.9. The Morgan fingerprint density at radius 1 is 1.30 bits per heavy atom. The fourth-order valence-corrected chi connectivity index (χ4v) is 2.59. The molecule has 1 aromatic carbocycles. The number of pyridine rings is 1. The Hall–Kier alpha value is -1.68. The number of amides is 1. The number of aromatic nitrogens is 1. The minimum Gasteiger partial charge on any atom is -0.310 e. The standard InChI is InChI=1S/C16H15BrN2O/c1-11-9-14(18-10-13(11)17)19-15(20)16(7-8-16)12-5-3-2-4-6-12/h2-6,9-10H,7-8H2,1H3,(H,18,19,20). The third kappa shape index (κ3) is 2.36. The summed E-state index contributed by atoms with van der Waals surface area (Å²) in [4.78, 5) is 16.8. The van der Waals surface area contributed by atoms with Crippen LogP contribution < -0.4 is 5.32 Å². The summed E-state index contributed by atoms with van der Waals surface area (Å²) in [6.07, 6.45) is 3.52. The molecule has 1 N–H and O–H groups in total. The van der Waals surface area contributed by atoms with Gasteiger partial charge in [-0.05, 0) is 52.9 Å². The van der Waals surface area contributed by atoms with Gasteiger partial charge in [-0.25, -0.2) is 4.98 Å². The molecular weight excluding hydrogens is 316 g/mol. The van der Waals surface area contributed by atoms with Crippen LogP contribution in [0.1, 0.15) is 24.0 Å². The second-order valence-corrected chi connectivity index (χ2v) is 6.08. The molecule has 0 aliphatic heterocycles. The fourth-order valence-electron chi connectivity index (χ4n) is 2.37. The first kappa shape index (κ1) is 13.3. The highest BCUT2D eigenvalue weighted by Gasteiger charge is 2.51. The molecule has 1 aliphatic carbocycles. The van der Waals surface area contributed by atoms with Crippen molar-refractivity contribution in [2.75, 3.05) is 5.32 Å². The normalized spacial score (nSPS) is 15.7. The maximum Gasteiger partial charge on any atom is 0.236 e. The van der Waals surface area contributed by atoms with Crippen LogP contribution in [0.25, 0.3) is 0 Å². The predicted octanol–water partition coefficient (Wildman–Crippen LogP) is 3.82. The molecule has 1 heterocycles. The van der Waals surface area contributed by atoms with Gasteiger partial charge in [0.1, 0.15) is 5.82 Å². The largest absolute Gasteiger partial charge is 0.310 e. The molecule has 0 radical (unpaired) electrons. The number of nitrogens with zero attached hydrogens (tertiary/aromatic N) is 1. The number of aryl methyl sites for hydroxylation is 1. The Kier molecular flexibility index (Phi) is 3.34. The van der Waals surface area contributed by atoms with Crippen LogP contribution in [-0.4, -0.2) is 10.9 Å². The van der Waals surface area contributed by atoms with Gasteiger partial charge in [-0.3, -0.25) is 4.79 Å². The number of hydrogen-bond donors (Lipinski definition) is 1. The first-order chi connectivity index (χ1) is 9.62. The van der Waals surface area contributed by atoms with Crippen molar-refractivity contribution in [1.82, 2.24) is 4.98 Å². The van der Waals surface area contributed by atoms with Gasteiger partial charge in [0.25, 0.3) is 0 Å². The van der Waals surface area contributed by atoms with Crippen LogP contribution in [0, 0.1) is 6.92 Å². The van der Waals surface area contributed by atoms with Crippen LogP contribution in [-0.2, 0) is 10.2 Å². The molecule has 0 saturated heterocycles. The molecule has 20 heavy (non-hydrogen) atoms. The summed E-state index contributed by atoms with van der Waals surface area (Å²) in [5, 5.41) is 2.94. The smallest absolute Gasteiger partial charge is 0.236 e. The van der Waals surface area contributed by atoms with Crippen molar-refractivity contribution in [2.45, 2.75) is 25.2 Å². The Balaban J connectivity index is 1.81. The quantitative estimate of drug-likeness (QED) is 0.929. The summed E-state index contributed by atoms with van der Waals surface area (Å²) in [5.74, 6) is 0.649. The van der Waals surface area contributed by atoms with Gasteiger partial charge in [0.2, 0.25) is 5.91 Å². The number of carbonyl (C=O) groups is 1. The molecule has 1 aliphatic rings. The van der Waals surface area contributed by atoms with Gasteiger partial charge >= 0.3 is 0 Å². The van der Waals surface area contributed by atoms with Crippen LogP contribution in [0.3, 0.4) is 0 Å². The number of carbonyl (C=O) groups excluding carboxylic acids is 1. The zero-order valence-electron chi connectivity index (χ0n) is 11.2. The molecule has 102 valence electrons. The van der Waals surface area contributed by atoms with E-state index in [0.29, 0.717) is 5.82 Å². The second-order valence-electron chi connectivity index (χ2n) is 5.22. The topological polar surface area (TPSA) is 42.0 Å². The third-order valence-electron chi connectivity index (χ3n) is 3.80. The van der Waals surface area contributed by atoms with E-state index in [4.69, 9.17) is 0 Å². The molecule has 0 bridgehead atoms. The lowest BCUT2D eigenvalue weighted by Crippen LogP contribution is -2.28. The molecule has 0 atom stereocenters. The summed E-state index contributed by atoms with van der Waals surface area (Å²) in [5.41, 5.74) is 1.79. The van der Waals surface area contributed by atoms with E-state index in [1.165, 1.54) is 0 Å². The minimum atomic E-state index is -0.357. The monoisotopic (exact) mass is 330 g/mol. The van der Waals surface area contributed by atoms with Crippen molar-refractivity contribution in [3.8, 4) is 0 Å². The van der Waals surface area contributed by atoms with Crippen molar-refractivity contribution >= 4 is 27.7 Å². The van der Waals surface area contributed by atoms with E-state index in [1.54, 1.807) is 6.20 Å². The summed E-state index contributed by atoms with van der Waals surface area (Å²) < 4.78 is 0.944. The van der Waals surface area contributed by atoms with Gasteiger partial charge in [-0.15, -0.1) is 0 Å². The molecule has 0 unspecified atom stereocenters. The number of rotatable bonds is 3. The van der Waals surface area contributed by atoms with Crippen molar-refractivity contribution in [3.05, 3.63) is 58.2 Å². The average Bonchev–Trinajstić information content (AvgIpc) is 3.26. The van der Waals surface area contributed by atoms with E-state index in [2.05, 4.69) is 26.2 Å². The average molecular weight is 331 g/mol. The van der Waals surface area contributed by atoms with Crippen LogP contribution >= 0.6 is 15.9 Å². The van der Waals surface area contributed by atoms with E-state index in [-0.39, 0.29) is 11.3 Å². The van der Waals surface area contributed by atoms with Gasteiger partial charge in [0.15, 0.2) is 0 Å². The number of hydrogen-bond acceptors (Lipinski definition) is 2. The van der Waals surface area contributed by atoms with Crippen LogP contribution in [0.4, 0.5) is 5.82 Å². The fraction of sp³-hybridized carbons (Fsp3) is 0.250. The van der Waals surface area contributed by atoms with Gasteiger partial charge < -0.3 is 5.32 Å². The second kappa shape index (κ2) is 5.02. The molecule has 2 aromatic rings. The highest BCUT2D eigenvalue weighted by Crippen LogP contribution is 2.48. The van der Waals surface area contributed by atoms with E-state index < -0.39 is 0 Å². The first-order valence-corrected chi connectivity index (χ1v) is 7.40. The van der Waals surface area contributed by atoms with Crippen molar-refractivity contribution in [2.24, 2.45) is 0 Å². The van der Waals surface area contributed by atoms with Crippen LogP contribution in [0.5, 0.6) is 0 Å². The summed E-state index contributed by atoms with van der Waals surface area (Å²) in [7, 11) is 0. The van der Waals surface area contributed by atoms with Crippen molar-refractivity contribution < 1.29 is 4.79 Å². The van der Waals surface area contributed by atoms with Crippen molar-refractivity contribution in [1.29, 1.82) is 0 Å². The van der Waals surface area contributed by atoms with Crippen LogP contribution in [0.2, 0.25) is 0 Å². The van der Waals surface area contributed by atoms with Gasteiger partial charge in [0, 0.05) is 10.7 Å². The third-order valence-corrected chi connectivity index (χ3v) is 4.63. The SMILES string of the molecule is Cc1cc(NC(=O)C2(c3ccccc3)CC2)ncc1Br. The first-order valence-electron chi connectivity index (χ1n) is 6.61. The van der Waals surface area contributed by atoms with Crippen molar-refractivity contribution in [3.63, 3.8) is 0 Å². The number of benzene rings is 1. The maximum absolute atomic E-state index is 12.5. The number of nitrogens with one attached hydrogen (secondary N) is 1. The Bertz CT molecular complexity index is 651. The zero-order chi connectivity index (χ0) is 14.2. The Labute approximate surface area is 126 Å². The minimum absolute atomic E-state index is 0.0397.